The highest BCUT2D eigenvalue weighted by atomic mass is 16.5. The summed E-state index contributed by atoms with van der Waals surface area (Å²) in [6.45, 7) is 2.44. The molecule has 1 N–H and O–H groups in total. The van der Waals surface area contributed by atoms with Crippen molar-refractivity contribution in [2.24, 2.45) is 5.92 Å². The molecule has 0 bridgehead atoms. The van der Waals surface area contributed by atoms with Crippen LogP contribution in [0.1, 0.15) is 32.6 Å². The monoisotopic (exact) mass is 243 g/mol. The number of esters is 2. The van der Waals surface area contributed by atoms with Gasteiger partial charge in [0.15, 0.2) is 0 Å². The van der Waals surface area contributed by atoms with Crippen LogP contribution in [0.25, 0.3) is 0 Å². The van der Waals surface area contributed by atoms with Gasteiger partial charge in [-0.3, -0.25) is 9.59 Å². The van der Waals surface area contributed by atoms with Gasteiger partial charge in [0.1, 0.15) is 0 Å². The van der Waals surface area contributed by atoms with Gasteiger partial charge in [-0.15, -0.1) is 0 Å². The molecule has 0 aromatic rings. The summed E-state index contributed by atoms with van der Waals surface area (Å²) in [5, 5.41) is 3.12. The average Bonchev–Trinajstić information content (AvgIpc) is 2.36. The first-order chi connectivity index (χ1) is 8.17. The zero-order valence-corrected chi connectivity index (χ0v) is 10.5. The molecule has 0 aliphatic heterocycles. The van der Waals surface area contributed by atoms with Crippen LogP contribution in [0, 0.1) is 5.92 Å². The zero-order valence-electron chi connectivity index (χ0n) is 10.5. The van der Waals surface area contributed by atoms with E-state index in [0.717, 1.165) is 25.7 Å². The van der Waals surface area contributed by atoms with Crippen molar-refractivity contribution in [2.75, 3.05) is 20.3 Å². The van der Waals surface area contributed by atoms with E-state index in [1.165, 1.54) is 7.11 Å². The number of rotatable bonds is 5. The van der Waals surface area contributed by atoms with Crippen LogP contribution in [0.15, 0.2) is 0 Å². The highest BCUT2D eigenvalue weighted by Crippen LogP contribution is 2.25. The summed E-state index contributed by atoms with van der Waals surface area (Å²) in [5.41, 5.74) is 0. The van der Waals surface area contributed by atoms with E-state index >= 15 is 0 Å². The molecule has 17 heavy (non-hydrogen) atoms. The second kappa shape index (κ2) is 7.27. The number of hydrogen-bond donors (Lipinski definition) is 1. The lowest BCUT2D eigenvalue weighted by Crippen LogP contribution is -2.39. The van der Waals surface area contributed by atoms with Gasteiger partial charge < -0.3 is 14.8 Å². The number of carbonyl (C=O) groups is 2. The van der Waals surface area contributed by atoms with Crippen LogP contribution in [-0.2, 0) is 19.1 Å². The maximum absolute atomic E-state index is 11.6. The Balaban J connectivity index is 2.33. The smallest absolute Gasteiger partial charge is 0.319 e. The summed E-state index contributed by atoms with van der Waals surface area (Å²) in [6, 6.07) is 0.206. The third kappa shape index (κ3) is 4.73. The first kappa shape index (κ1) is 14.0. The van der Waals surface area contributed by atoms with Crippen molar-refractivity contribution in [3.05, 3.63) is 0 Å². The Hall–Kier alpha value is -1.10. The predicted molar refractivity (Wildman–Crippen MR) is 62.4 cm³/mol. The van der Waals surface area contributed by atoms with E-state index in [1.54, 1.807) is 0 Å². The third-order valence-electron chi connectivity index (χ3n) is 3.06. The van der Waals surface area contributed by atoms with E-state index in [2.05, 4.69) is 10.1 Å². The van der Waals surface area contributed by atoms with Gasteiger partial charge >= 0.3 is 11.9 Å². The zero-order chi connectivity index (χ0) is 12.7. The van der Waals surface area contributed by atoms with Crippen LogP contribution in [0.4, 0.5) is 0 Å². The molecule has 98 valence electrons. The van der Waals surface area contributed by atoms with E-state index in [1.807, 2.05) is 6.92 Å². The Morgan fingerprint density at radius 2 is 2.12 bits per heavy atom. The standard InChI is InChI=1S/C12H21NO4/c1-3-17-12(15)9-5-4-6-10(7-9)13-8-11(14)16-2/h9-10,13H,3-8H2,1-2H3. The van der Waals surface area contributed by atoms with Crippen LogP contribution < -0.4 is 5.32 Å². The van der Waals surface area contributed by atoms with Gasteiger partial charge in [-0.1, -0.05) is 6.42 Å². The molecule has 0 aromatic heterocycles. The van der Waals surface area contributed by atoms with Crippen molar-refractivity contribution in [1.82, 2.24) is 5.32 Å². The molecule has 1 saturated carbocycles. The lowest BCUT2D eigenvalue weighted by atomic mass is 9.86. The minimum atomic E-state index is -0.275. The van der Waals surface area contributed by atoms with Crippen molar-refractivity contribution in [1.29, 1.82) is 0 Å². The molecule has 5 heteroatoms. The number of methoxy groups -OCH3 is 1. The van der Waals surface area contributed by atoms with E-state index < -0.39 is 0 Å². The molecule has 5 nitrogen and oxygen atoms in total. The van der Waals surface area contributed by atoms with Gasteiger partial charge in [0.2, 0.25) is 0 Å². The molecule has 0 heterocycles. The Morgan fingerprint density at radius 3 is 2.76 bits per heavy atom. The van der Waals surface area contributed by atoms with Crippen LogP contribution in [0.5, 0.6) is 0 Å². The minimum absolute atomic E-state index is 0.0288. The maximum atomic E-state index is 11.6. The second-order valence-electron chi connectivity index (χ2n) is 4.27. The van der Waals surface area contributed by atoms with Crippen molar-refractivity contribution in [3.8, 4) is 0 Å². The minimum Gasteiger partial charge on any atom is -0.468 e. The summed E-state index contributed by atoms with van der Waals surface area (Å²) in [6.07, 6.45) is 3.61. The van der Waals surface area contributed by atoms with Gasteiger partial charge in [0.25, 0.3) is 0 Å². The number of hydrogen-bond acceptors (Lipinski definition) is 5. The summed E-state index contributed by atoms with van der Waals surface area (Å²) in [4.78, 5) is 22.6. The molecule has 2 atom stereocenters. The molecule has 1 fully saturated rings. The Kier molecular flexibility index (Phi) is 5.97. The van der Waals surface area contributed by atoms with Gasteiger partial charge in [0.05, 0.1) is 26.2 Å². The largest absolute Gasteiger partial charge is 0.468 e. The van der Waals surface area contributed by atoms with Crippen molar-refractivity contribution >= 4 is 11.9 Å². The number of carbonyl (C=O) groups excluding carboxylic acids is 2. The fourth-order valence-corrected chi connectivity index (χ4v) is 2.15. The summed E-state index contributed by atoms with van der Waals surface area (Å²) < 4.78 is 9.58. The lowest BCUT2D eigenvalue weighted by molar-refractivity contribution is -0.149. The van der Waals surface area contributed by atoms with E-state index in [9.17, 15) is 9.59 Å². The van der Waals surface area contributed by atoms with Gasteiger partial charge in [-0.2, -0.15) is 0 Å². The first-order valence-electron chi connectivity index (χ1n) is 6.14. The Morgan fingerprint density at radius 1 is 1.35 bits per heavy atom. The second-order valence-corrected chi connectivity index (χ2v) is 4.27. The molecular weight excluding hydrogens is 222 g/mol. The fourth-order valence-electron chi connectivity index (χ4n) is 2.15. The summed E-state index contributed by atoms with van der Waals surface area (Å²) >= 11 is 0. The van der Waals surface area contributed by atoms with Crippen molar-refractivity contribution < 1.29 is 19.1 Å². The quantitative estimate of drug-likeness (QED) is 0.726. The van der Waals surface area contributed by atoms with E-state index in [0.29, 0.717) is 6.61 Å². The molecule has 0 spiro atoms. The molecule has 0 saturated heterocycles. The number of nitrogens with one attached hydrogen (secondary N) is 1. The Bertz CT molecular complexity index is 267. The Labute approximate surface area is 102 Å². The third-order valence-corrected chi connectivity index (χ3v) is 3.06. The molecule has 0 radical (unpaired) electrons. The van der Waals surface area contributed by atoms with Crippen LogP contribution in [0.3, 0.4) is 0 Å². The van der Waals surface area contributed by atoms with Crippen molar-refractivity contribution in [2.45, 2.75) is 38.6 Å². The molecule has 0 amide bonds. The molecule has 1 rings (SSSR count). The predicted octanol–water partition coefficient (Wildman–Crippen LogP) is 0.871. The SMILES string of the molecule is CCOC(=O)C1CCCC(NCC(=O)OC)C1. The normalized spacial score (nSPS) is 24.1. The maximum Gasteiger partial charge on any atom is 0.319 e. The number of ether oxygens (including phenoxy) is 2. The highest BCUT2D eigenvalue weighted by molar-refractivity contribution is 5.73. The first-order valence-corrected chi connectivity index (χ1v) is 6.14. The van der Waals surface area contributed by atoms with E-state index in [-0.39, 0.29) is 30.4 Å². The van der Waals surface area contributed by atoms with Crippen LogP contribution in [0.2, 0.25) is 0 Å². The summed E-state index contributed by atoms with van der Waals surface area (Å²) in [7, 11) is 1.37. The molecule has 1 aliphatic rings. The van der Waals surface area contributed by atoms with Gasteiger partial charge in [-0.05, 0) is 26.2 Å². The van der Waals surface area contributed by atoms with E-state index in [4.69, 9.17) is 4.74 Å². The van der Waals surface area contributed by atoms with Gasteiger partial charge in [-0.25, -0.2) is 0 Å². The molecule has 2 unspecified atom stereocenters. The molecule has 1 aliphatic carbocycles. The lowest BCUT2D eigenvalue weighted by Gasteiger charge is -2.28. The van der Waals surface area contributed by atoms with Crippen molar-refractivity contribution in [3.63, 3.8) is 0 Å². The summed E-state index contributed by atoms with van der Waals surface area (Å²) in [5.74, 6) is -0.417. The van der Waals surface area contributed by atoms with Crippen LogP contribution >= 0.6 is 0 Å². The molecular formula is C12H21NO4. The topological polar surface area (TPSA) is 64.6 Å². The van der Waals surface area contributed by atoms with Crippen LogP contribution in [-0.4, -0.2) is 38.2 Å². The highest BCUT2D eigenvalue weighted by Gasteiger charge is 2.28. The average molecular weight is 243 g/mol. The molecule has 0 aromatic carbocycles. The fraction of sp³-hybridized carbons (Fsp3) is 0.833. The van der Waals surface area contributed by atoms with Gasteiger partial charge in [0, 0.05) is 6.04 Å².